The van der Waals surface area contributed by atoms with Gasteiger partial charge < -0.3 is 10.5 Å². The van der Waals surface area contributed by atoms with Crippen LogP contribution >= 0.6 is 0 Å². The molecule has 0 atom stereocenters. The van der Waals surface area contributed by atoms with E-state index in [9.17, 15) is 4.79 Å². The molecule has 0 saturated heterocycles. The summed E-state index contributed by atoms with van der Waals surface area (Å²) in [4.78, 5) is 15.4. The van der Waals surface area contributed by atoms with Crippen molar-refractivity contribution in [1.29, 1.82) is 0 Å². The molecule has 1 amide bonds. The number of aromatic nitrogens is 1. The van der Waals surface area contributed by atoms with Gasteiger partial charge in [0.25, 0.3) is 0 Å². The number of rotatable bonds is 4. The Labute approximate surface area is 106 Å². The van der Waals surface area contributed by atoms with Crippen LogP contribution in [0.25, 0.3) is 10.9 Å². The highest BCUT2D eigenvalue weighted by molar-refractivity contribution is 5.88. The SMILES string of the molecule is COc1cccc2c(CCC(N)=O)cc(C)nc12. The highest BCUT2D eigenvalue weighted by Gasteiger charge is 2.09. The lowest BCUT2D eigenvalue weighted by Crippen LogP contribution is -2.11. The van der Waals surface area contributed by atoms with Gasteiger partial charge in [-0.3, -0.25) is 4.79 Å². The van der Waals surface area contributed by atoms with Gasteiger partial charge in [-0.1, -0.05) is 12.1 Å². The zero-order valence-electron chi connectivity index (χ0n) is 10.6. The van der Waals surface area contributed by atoms with E-state index >= 15 is 0 Å². The van der Waals surface area contributed by atoms with E-state index in [2.05, 4.69) is 4.98 Å². The van der Waals surface area contributed by atoms with Crippen LogP contribution < -0.4 is 10.5 Å². The van der Waals surface area contributed by atoms with Gasteiger partial charge in [-0.05, 0) is 31.0 Å². The number of ether oxygens (including phenoxy) is 1. The maximum absolute atomic E-state index is 10.9. The average molecular weight is 244 g/mol. The molecule has 18 heavy (non-hydrogen) atoms. The predicted molar refractivity (Wildman–Crippen MR) is 70.5 cm³/mol. The maximum Gasteiger partial charge on any atom is 0.217 e. The third kappa shape index (κ3) is 2.42. The molecule has 1 aromatic heterocycles. The minimum absolute atomic E-state index is 0.291. The number of carbonyl (C=O) groups excluding carboxylic acids is 1. The molecular formula is C14H16N2O2. The summed E-state index contributed by atoms with van der Waals surface area (Å²) < 4.78 is 5.31. The smallest absolute Gasteiger partial charge is 0.217 e. The molecule has 0 unspecified atom stereocenters. The molecule has 4 heteroatoms. The van der Waals surface area contributed by atoms with Gasteiger partial charge in [-0.2, -0.15) is 0 Å². The predicted octanol–water partition coefficient (Wildman–Crippen LogP) is 1.97. The zero-order valence-corrected chi connectivity index (χ0v) is 10.6. The van der Waals surface area contributed by atoms with Crippen molar-refractivity contribution in [2.75, 3.05) is 7.11 Å². The molecule has 0 fully saturated rings. The maximum atomic E-state index is 10.9. The minimum Gasteiger partial charge on any atom is -0.494 e. The van der Waals surface area contributed by atoms with E-state index < -0.39 is 0 Å². The molecule has 94 valence electrons. The second-order valence-corrected chi connectivity index (χ2v) is 4.25. The average Bonchev–Trinajstić information content (AvgIpc) is 2.35. The number of para-hydroxylation sites is 1. The number of pyridine rings is 1. The van der Waals surface area contributed by atoms with E-state index in [1.807, 2.05) is 31.2 Å². The molecule has 0 saturated carbocycles. The van der Waals surface area contributed by atoms with Crippen LogP contribution in [0.5, 0.6) is 5.75 Å². The lowest BCUT2D eigenvalue weighted by atomic mass is 10.0. The van der Waals surface area contributed by atoms with E-state index in [4.69, 9.17) is 10.5 Å². The number of nitrogens with two attached hydrogens (primary N) is 1. The van der Waals surface area contributed by atoms with E-state index in [1.54, 1.807) is 7.11 Å². The molecule has 2 N–H and O–H groups in total. The molecule has 2 rings (SSSR count). The molecule has 1 aromatic carbocycles. The van der Waals surface area contributed by atoms with Gasteiger partial charge in [-0.15, -0.1) is 0 Å². The zero-order chi connectivity index (χ0) is 13.1. The Morgan fingerprint density at radius 2 is 2.22 bits per heavy atom. The van der Waals surface area contributed by atoms with Crippen molar-refractivity contribution in [2.45, 2.75) is 19.8 Å². The van der Waals surface area contributed by atoms with Crippen molar-refractivity contribution in [3.05, 3.63) is 35.5 Å². The van der Waals surface area contributed by atoms with E-state index in [0.717, 1.165) is 27.9 Å². The molecule has 2 aromatic rings. The summed E-state index contributed by atoms with van der Waals surface area (Å²) in [6.07, 6.45) is 0.970. The number of benzene rings is 1. The first kappa shape index (κ1) is 12.4. The quantitative estimate of drug-likeness (QED) is 0.894. The molecule has 0 radical (unpaired) electrons. The van der Waals surface area contributed by atoms with Crippen molar-refractivity contribution < 1.29 is 9.53 Å². The first-order valence-electron chi connectivity index (χ1n) is 5.83. The largest absolute Gasteiger partial charge is 0.494 e. The van der Waals surface area contributed by atoms with Gasteiger partial charge in [-0.25, -0.2) is 4.98 Å². The topological polar surface area (TPSA) is 65.2 Å². The number of methoxy groups -OCH3 is 1. The Balaban J connectivity index is 2.55. The normalized spacial score (nSPS) is 10.6. The second-order valence-electron chi connectivity index (χ2n) is 4.25. The standard InChI is InChI=1S/C14H16N2O2/c1-9-8-10(6-7-13(15)17)11-4-3-5-12(18-2)14(11)16-9/h3-5,8H,6-7H2,1-2H3,(H2,15,17). The summed E-state index contributed by atoms with van der Waals surface area (Å²) in [6.45, 7) is 1.93. The number of hydrogen-bond acceptors (Lipinski definition) is 3. The van der Waals surface area contributed by atoms with Gasteiger partial charge in [0, 0.05) is 17.5 Å². The molecule has 0 spiro atoms. The Morgan fingerprint density at radius 1 is 1.44 bits per heavy atom. The van der Waals surface area contributed by atoms with Crippen LogP contribution in [0.15, 0.2) is 24.3 Å². The Hall–Kier alpha value is -2.10. The van der Waals surface area contributed by atoms with Crippen LogP contribution in [-0.4, -0.2) is 18.0 Å². The van der Waals surface area contributed by atoms with Crippen LogP contribution in [0.2, 0.25) is 0 Å². The minimum atomic E-state index is -0.291. The van der Waals surface area contributed by atoms with E-state index in [1.165, 1.54) is 0 Å². The van der Waals surface area contributed by atoms with Crippen molar-refractivity contribution in [1.82, 2.24) is 4.98 Å². The molecule has 4 nitrogen and oxygen atoms in total. The van der Waals surface area contributed by atoms with Crippen molar-refractivity contribution >= 4 is 16.8 Å². The summed E-state index contributed by atoms with van der Waals surface area (Å²) in [6, 6.07) is 7.78. The van der Waals surface area contributed by atoms with Gasteiger partial charge in [0.1, 0.15) is 11.3 Å². The third-order valence-corrected chi connectivity index (χ3v) is 2.88. The van der Waals surface area contributed by atoms with E-state index in [-0.39, 0.29) is 5.91 Å². The van der Waals surface area contributed by atoms with Crippen molar-refractivity contribution in [3.8, 4) is 5.75 Å². The van der Waals surface area contributed by atoms with Crippen molar-refractivity contribution in [3.63, 3.8) is 0 Å². The summed E-state index contributed by atoms with van der Waals surface area (Å²) in [5.74, 6) is 0.456. The van der Waals surface area contributed by atoms with Crippen LogP contribution in [0, 0.1) is 6.92 Å². The number of amides is 1. The number of aryl methyl sites for hydroxylation is 2. The monoisotopic (exact) mass is 244 g/mol. The fourth-order valence-electron chi connectivity index (χ4n) is 2.06. The van der Waals surface area contributed by atoms with Crippen LogP contribution in [0.4, 0.5) is 0 Å². The molecule has 0 aliphatic rings. The number of nitrogens with zero attached hydrogens (tertiary/aromatic N) is 1. The fraction of sp³-hybridized carbons (Fsp3) is 0.286. The number of primary amides is 1. The Kier molecular flexibility index (Phi) is 3.46. The number of hydrogen-bond donors (Lipinski definition) is 1. The summed E-state index contributed by atoms with van der Waals surface area (Å²) >= 11 is 0. The van der Waals surface area contributed by atoms with Crippen LogP contribution in [-0.2, 0) is 11.2 Å². The molecule has 0 aliphatic carbocycles. The molecular weight excluding hydrogens is 228 g/mol. The highest BCUT2D eigenvalue weighted by atomic mass is 16.5. The Morgan fingerprint density at radius 3 is 2.89 bits per heavy atom. The van der Waals surface area contributed by atoms with Gasteiger partial charge in [0.2, 0.25) is 5.91 Å². The Bertz CT molecular complexity index is 594. The van der Waals surface area contributed by atoms with Gasteiger partial charge in [0.15, 0.2) is 0 Å². The highest BCUT2D eigenvalue weighted by Crippen LogP contribution is 2.27. The first-order chi connectivity index (χ1) is 8.61. The summed E-state index contributed by atoms with van der Waals surface area (Å²) in [5, 5.41) is 1.02. The second kappa shape index (κ2) is 5.04. The summed E-state index contributed by atoms with van der Waals surface area (Å²) in [5.41, 5.74) is 8.02. The lowest BCUT2D eigenvalue weighted by Gasteiger charge is -2.10. The summed E-state index contributed by atoms with van der Waals surface area (Å²) in [7, 11) is 1.63. The lowest BCUT2D eigenvalue weighted by molar-refractivity contribution is -0.117. The number of fused-ring (bicyclic) bond motifs is 1. The van der Waals surface area contributed by atoms with Crippen LogP contribution in [0.3, 0.4) is 0 Å². The molecule has 0 aliphatic heterocycles. The van der Waals surface area contributed by atoms with E-state index in [0.29, 0.717) is 12.8 Å². The van der Waals surface area contributed by atoms with Gasteiger partial charge >= 0.3 is 0 Å². The first-order valence-corrected chi connectivity index (χ1v) is 5.83. The number of carbonyl (C=O) groups is 1. The van der Waals surface area contributed by atoms with Crippen LogP contribution in [0.1, 0.15) is 17.7 Å². The fourth-order valence-corrected chi connectivity index (χ4v) is 2.06. The van der Waals surface area contributed by atoms with Gasteiger partial charge in [0.05, 0.1) is 7.11 Å². The molecule has 0 bridgehead atoms. The van der Waals surface area contributed by atoms with Crippen molar-refractivity contribution in [2.24, 2.45) is 5.73 Å². The third-order valence-electron chi connectivity index (χ3n) is 2.88. The molecule has 1 heterocycles.